The van der Waals surface area contributed by atoms with Gasteiger partial charge in [-0.1, -0.05) is 0 Å². The summed E-state index contributed by atoms with van der Waals surface area (Å²) >= 11 is 0. The molecular weight excluding hydrogens is 156 g/mol. The van der Waals surface area contributed by atoms with E-state index in [1.807, 2.05) is 4.90 Å². The number of rotatable bonds is 1. The van der Waals surface area contributed by atoms with E-state index < -0.39 is 0 Å². The minimum Gasteiger partial charge on any atom is -0.448 e. The highest BCUT2D eigenvalue weighted by molar-refractivity contribution is 5.69. The molecule has 0 spiro atoms. The normalized spacial score (nSPS) is 35.8. The van der Waals surface area contributed by atoms with Crippen LogP contribution >= 0.6 is 0 Å². The first-order valence-corrected chi connectivity index (χ1v) is 4.44. The van der Waals surface area contributed by atoms with Crippen molar-refractivity contribution in [3.8, 4) is 0 Å². The van der Waals surface area contributed by atoms with Crippen LogP contribution in [0.15, 0.2) is 0 Å². The van der Waals surface area contributed by atoms with Crippen molar-refractivity contribution in [2.75, 3.05) is 19.7 Å². The van der Waals surface area contributed by atoms with E-state index in [-0.39, 0.29) is 6.09 Å². The summed E-state index contributed by atoms with van der Waals surface area (Å²) in [7, 11) is 0. The molecule has 1 N–H and O–H groups in total. The Morgan fingerprint density at radius 2 is 2.50 bits per heavy atom. The third kappa shape index (κ3) is 1.27. The predicted octanol–water partition coefficient (Wildman–Crippen LogP) is 0.189. The van der Waals surface area contributed by atoms with Crippen LogP contribution in [0.25, 0.3) is 0 Å². The molecule has 4 heteroatoms. The van der Waals surface area contributed by atoms with Crippen molar-refractivity contribution in [1.29, 1.82) is 0 Å². The molecule has 2 atom stereocenters. The lowest BCUT2D eigenvalue weighted by molar-refractivity contribution is 0.149. The molecule has 0 aromatic rings. The van der Waals surface area contributed by atoms with Crippen molar-refractivity contribution in [3.63, 3.8) is 0 Å². The Morgan fingerprint density at radius 1 is 1.67 bits per heavy atom. The summed E-state index contributed by atoms with van der Waals surface area (Å²) < 4.78 is 4.87. The number of nitrogens with zero attached hydrogens (tertiary/aromatic N) is 1. The van der Waals surface area contributed by atoms with Gasteiger partial charge >= 0.3 is 6.09 Å². The maximum Gasteiger partial charge on any atom is 0.410 e. The van der Waals surface area contributed by atoms with Crippen LogP contribution in [-0.2, 0) is 4.74 Å². The molecule has 2 heterocycles. The Labute approximate surface area is 71.9 Å². The van der Waals surface area contributed by atoms with Crippen LogP contribution in [-0.4, -0.2) is 42.8 Å². The molecule has 0 radical (unpaired) electrons. The van der Waals surface area contributed by atoms with E-state index in [4.69, 9.17) is 4.74 Å². The topological polar surface area (TPSA) is 41.6 Å². The first-order valence-electron chi connectivity index (χ1n) is 4.44. The number of amides is 1. The summed E-state index contributed by atoms with van der Waals surface area (Å²) in [5.41, 5.74) is 0. The van der Waals surface area contributed by atoms with Gasteiger partial charge in [-0.3, -0.25) is 0 Å². The molecule has 4 nitrogen and oxygen atoms in total. The minimum atomic E-state index is -0.143. The summed E-state index contributed by atoms with van der Waals surface area (Å²) in [5, 5.41) is 3.32. The molecule has 0 aromatic heterocycles. The van der Waals surface area contributed by atoms with Crippen molar-refractivity contribution < 1.29 is 9.53 Å². The number of ether oxygens (including phenoxy) is 1. The minimum absolute atomic E-state index is 0.143. The van der Waals surface area contributed by atoms with Gasteiger partial charge in [-0.25, -0.2) is 4.79 Å². The van der Waals surface area contributed by atoms with Gasteiger partial charge in [-0.05, 0) is 13.3 Å². The number of hydrogen-bond acceptors (Lipinski definition) is 3. The van der Waals surface area contributed by atoms with Crippen LogP contribution in [0.4, 0.5) is 4.79 Å². The summed E-state index contributed by atoms with van der Waals surface area (Å²) in [6, 6.07) is 0.887. The largest absolute Gasteiger partial charge is 0.448 e. The average Bonchev–Trinajstić information content (AvgIpc) is 2.58. The van der Waals surface area contributed by atoms with Gasteiger partial charge in [0.15, 0.2) is 0 Å². The second-order valence-corrected chi connectivity index (χ2v) is 3.51. The Balaban J connectivity index is 1.96. The molecule has 12 heavy (non-hydrogen) atoms. The predicted molar refractivity (Wildman–Crippen MR) is 43.9 cm³/mol. The zero-order valence-corrected chi connectivity index (χ0v) is 7.25. The fourth-order valence-corrected chi connectivity index (χ4v) is 1.89. The summed E-state index contributed by atoms with van der Waals surface area (Å²) in [6.45, 7) is 4.37. The van der Waals surface area contributed by atoms with Crippen molar-refractivity contribution >= 4 is 6.09 Å². The van der Waals surface area contributed by atoms with E-state index in [1.54, 1.807) is 0 Å². The first-order chi connectivity index (χ1) is 5.77. The van der Waals surface area contributed by atoms with Crippen LogP contribution in [0.2, 0.25) is 0 Å². The Kier molecular flexibility index (Phi) is 1.92. The number of carbonyl (C=O) groups is 1. The maximum absolute atomic E-state index is 11.1. The third-order valence-electron chi connectivity index (χ3n) is 2.56. The molecule has 68 valence electrons. The summed E-state index contributed by atoms with van der Waals surface area (Å²) in [6.07, 6.45) is 0.908. The van der Waals surface area contributed by atoms with Gasteiger partial charge in [0, 0.05) is 18.6 Å². The van der Waals surface area contributed by atoms with E-state index in [1.165, 1.54) is 0 Å². The van der Waals surface area contributed by atoms with Crippen molar-refractivity contribution in [2.45, 2.75) is 25.4 Å². The van der Waals surface area contributed by atoms with Crippen LogP contribution < -0.4 is 5.32 Å². The van der Waals surface area contributed by atoms with Crippen LogP contribution in [0.1, 0.15) is 13.3 Å². The molecular formula is C8H14N2O2. The highest BCUT2D eigenvalue weighted by atomic mass is 16.6. The Hall–Kier alpha value is -0.770. The third-order valence-corrected chi connectivity index (χ3v) is 2.56. The monoisotopic (exact) mass is 170 g/mol. The smallest absolute Gasteiger partial charge is 0.410 e. The molecule has 2 aliphatic heterocycles. The van der Waals surface area contributed by atoms with E-state index in [0.29, 0.717) is 18.7 Å². The molecule has 2 aliphatic rings. The number of cyclic esters (lactones) is 1. The fraction of sp³-hybridized carbons (Fsp3) is 0.875. The van der Waals surface area contributed by atoms with E-state index in [2.05, 4.69) is 12.2 Å². The van der Waals surface area contributed by atoms with Crippen molar-refractivity contribution in [3.05, 3.63) is 0 Å². The lowest BCUT2D eigenvalue weighted by atomic mass is 10.2. The molecule has 0 saturated carbocycles. The van der Waals surface area contributed by atoms with Crippen molar-refractivity contribution in [1.82, 2.24) is 10.2 Å². The van der Waals surface area contributed by atoms with Crippen LogP contribution in [0.5, 0.6) is 0 Å². The zero-order chi connectivity index (χ0) is 8.55. The van der Waals surface area contributed by atoms with Crippen LogP contribution in [0.3, 0.4) is 0 Å². The molecule has 0 aromatic carbocycles. The fourth-order valence-electron chi connectivity index (χ4n) is 1.89. The van der Waals surface area contributed by atoms with Gasteiger partial charge in [-0.15, -0.1) is 0 Å². The van der Waals surface area contributed by atoms with Gasteiger partial charge in [0.05, 0.1) is 6.54 Å². The van der Waals surface area contributed by atoms with Gasteiger partial charge in [-0.2, -0.15) is 0 Å². The molecule has 2 saturated heterocycles. The first kappa shape index (κ1) is 7.86. The highest BCUT2D eigenvalue weighted by Gasteiger charge is 2.33. The second kappa shape index (κ2) is 2.94. The zero-order valence-electron chi connectivity index (χ0n) is 7.25. The summed E-state index contributed by atoms with van der Waals surface area (Å²) in [4.78, 5) is 13.0. The van der Waals surface area contributed by atoms with Gasteiger partial charge in [0.2, 0.25) is 0 Å². The van der Waals surface area contributed by atoms with Gasteiger partial charge < -0.3 is 15.0 Å². The van der Waals surface area contributed by atoms with E-state index in [9.17, 15) is 4.79 Å². The average molecular weight is 170 g/mol. The lowest BCUT2D eigenvalue weighted by Crippen LogP contribution is -2.37. The number of hydrogen-bond donors (Lipinski definition) is 1. The van der Waals surface area contributed by atoms with Gasteiger partial charge in [0.1, 0.15) is 6.61 Å². The molecule has 0 aliphatic carbocycles. The standard InChI is InChI=1S/C8H14N2O2/c1-6-4-7(5-9-6)10-2-3-12-8(10)11/h6-7,9H,2-5H2,1H3. The maximum atomic E-state index is 11.1. The second-order valence-electron chi connectivity index (χ2n) is 3.51. The Bertz CT molecular complexity index is 195. The quantitative estimate of drug-likeness (QED) is 0.610. The van der Waals surface area contributed by atoms with Crippen LogP contribution in [0, 0.1) is 0 Å². The van der Waals surface area contributed by atoms with E-state index >= 15 is 0 Å². The van der Waals surface area contributed by atoms with E-state index in [0.717, 1.165) is 19.5 Å². The number of carbonyl (C=O) groups excluding carboxylic acids is 1. The lowest BCUT2D eigenvalue weighted by Gasteiger charge is -2.19. The molecule has 1 amide bonds. The molecule has 2 unspecified atom stereocenters. The Morgan fingerprint density at radius 3 is 3.00 bits per heavy atom. The molecule has 2 rings (SSSR count). The van der Waals surface area contributed by atoms with Gasteiger partial charge in [0.25, 0.3) is 0 Å². The molecule has 0 bridgehead atoms. The summed E-state index contributed by atoms with van der Waals surface area (Å²) in [5.74, 6) is 0. The molecule has 2 fully saturated rings. The number of nitrogens with one attached hydrogen (secondary N) is 1. The van der Waals surface area contributed by atoms with Crippen molar-refractivity contribution in [2.24, 2.45) is 0 Å². The highest BCUT2D eigenvalue weighted by Crippen LogP contribution is 2.16. The SMILES string of the molecule is CC1CC(N2CCOC2=O)CN1.